The Morgan fingerprint density at radius 3 is 2.81 bits per heavy atom. The number of hydrogen-bond acceptors (Lipinski definition) is 6. The number of rotatable bonds is 5. The van der Waals surface area contributed by atoms with Gasteiger partial charge in [-0.05, 0) is 36.2 Å². The molecule has 2 heterocycles. The molecule has 2 aromatic carbocycles. The fraction of sp³-hybridized carbons (Fsp3) is 0.200. The van der Waals surface area contributed by atoms with E-state index in [1.54, 1.807) is 42.5 Å². The van der Waals surface area contributed by atoms with E-state index in [0.29, 0.717) is 28.0 Å². The lowest BCUT2D eigenvalue weighted by molar-refractivity contribution is 0.0939. The number of amides is 1. The molecule has 1 amide bonds. The highest BCUT2D eigenvalue weighted by Gasteiger charge is 2.18. The molecule has 2 N–H and O–H groups in total. The molecular formula is C20H17NO6. The van der Waals surface area contributed by atoms with Crippen molar-refractivity contribution >= 4 is 16.9 Å². The Labute approximate surface area is 154 Å². The Hall–Kier alpha value is -3.32. The van der Waals surface area contributed by atoms with Crippen molar-refractivity contribution in [3.05, 3.63) is 70.1 Å². The number of carbonyl (C=O) groups is 1. The first-order valence-electron chi connectivity index (χ1n) is 8.50. The minimum Gasteiger partial charge on any atom is -0.454 e. The van der Waals surface area contributed by atoms with Crippen molar-refractivity contribution in [1.29, 1.82) is 0 Å². The summed E-state index contributed by atoms with van der Waals surface area (Å²) in [6.07, 6.45) is -0.502. The molecule has 7 heteroatoms. The van der Waals surface area contributed by atoms with E-state index in [9.17, 15) is 14.7 Å². The largest absolute Gasteiger partial charge is 0.454 e. The average molecular weight is 367 g/mol. The first-order valence-corrected chi connectivity index (χ1v) is 8.50. The van der Waals surface area contributed by atoms with Gasteiger partial charge in [0.15, 0.2) is 11.5 Å². The highest BCUT2D eigenvalue weighted by atomic mass is 16.7. The van der Waals surface area contributed by atoms with Crippen LogP contribution in [0.5, 0.6) is 11.5 Å². The molecule has 4 rings (SSSR count). The highest BCUT2D eigenvalue weighted by molar-refractivity contribution is 5.96. The second-order valence-corrected chi connectivity index (χ2v) is 6.16. The van der Waals surface area contributed by atoms with Crippen molar-refractivity contribution in [3.8, 4) is 11.5 Å². The van der Waals surface area contributed by atoms with Crippen molar-refractivity contribution < 1.29 is 23.8 Å². The van der Waals surface area contributed by atoms with Crippen LogP contribution in [-0.2, 0) is 0 Å². The van der Waals surface area contributed by atoms with E-state index in [1.807, 2.05) is 0 Å². The van der Waals surface area contributed by atoms with E-state index in [1.165, 1.54) is 6.07 Å². The maximum absolute atomic E-state index is 12.3. The number of fused-ring (bicyclic) bond motifs is 2. The van der Waals surface area contributed by atoms with Crippen LogP contribution in [0.3, 0.4) is 0 Å². The van der Waals surface area contributed by atoms with Crippen LogP contribution in [0.25, 0.3) is 11.0 Å². The van der Waals surface area contributed by atoms with E-state index >= 15 is 0 Å². The number of aliphatic hydroxyl groups excluding tert-OH is 1. The minimum atomic E-state index is -0.784. The van der Waals surface area contributed by atoms with Crippen LogP contribution in [0.2, 0.25) is 0 Å². The number of benzene rings is 2. The smallest absolute Gasteiger partial charge is 0.349 e. The predicted octanol–water partition coefficient (Wildman–Crippen LogP) is 2.38. The maximum atomic E-state index is 12.3. The van der Waals surface area contributed by atoms with Gasteiger partial charge in [-0.1, -0.05) is 24.3 Å². The molecule has 1 aliphatic heterocycles. The van der Waals surface area contributed by atoms with Gasteiger partial charge < -0.3 is 24.3 Å². The van der Waals surface area contributed by atoms with E-state index < -0.39 is 17.6 Å². The summed E-state index contributed by atoms with van der Waals surface area (Å²) >= 11 is 0. The van der Waals surface area contributed by atoms with Crippen LogP contribution in [0.1, 0.15) is 28.4 Å². The first kappa shape index (κ1) is 17.1. The quantitative estimate of drug-likeness (QED) is 0.672. The van der Waals surface area contributed by atoms with E-state index in [0.717, 1.165) is 0 Å². The second kappa shape index (κ2) is 7.13. The molecule has 138 valence electrons. The summed E-state index contributed by atoms with van der Waals surface area (Å²) in [5.41, 5.74) is 0.338. The number of carbonyl (C=O) groups excluding carboxylic acids is 1. The third-order valence-corrected chi connectivity index (χ3v) is 4.37. The molecule has 3 aromatic rings. The van der Waals surface area contributed by atoms with Gasteiger partial charge >= 0.3 is 5.63 Å². The zero-order chi connectivity index (χ0) is 18.8. The molecule has 0 saturated heterocycles. The molecular weight excluding hydrogens is 350 g/mol. The third kappa shape index (κ3) is 3.50. The van der Waals surface area contributed by atoms with E-state index in [4.69, 9.17) is 13.9 Å². The maximum Gasteiger partial charge on any atom is 0.349 e. The van der Waals surface area contributed by atoms with Crippen LogP contribution in [0.4, 0.5) is 0 Å². The van der Waals surface area contributed by atoms with Crippen LogP contribution in [0.15, 0.2) is 57.7 Å². The molecule has 7 nitrogen and oxygen atoms in total. The molecule has 1 aromatic heterocycles. The normalized spacial score (nSPS) is 13.5. The summed E-state index contributed by atoms with van der Waals surface area (Å²) in [6.45, 7) is 0.361. The zero-order valence-electron chi connectivity index (χ0n) is 14.3. The SMILES string of the molecule is O=C(NCCC(O)c1ccc2c(c1)OCO2)c1cc2ccccc2oc1=O. The molecule has 0 radical (unpaired) electrons. The van der Waals surface area contributed by atoms with Gasteiger partial charge in [0.05, 0.1) is 6.10 Å². The van der Waals surface area contributed by atoms with Gasteiger partial charge in [-0.3, -0.25) is 4.79 Å². The topological polar surface area (TPSA) is 98.0 Å². The lowest BCUT2D eigenvalue weighted by atomic mass is 10.1. The van der Waals surface area contributed by atoms with Crippen LogP contribution in [-0.4, -0.2) is 24.4 Å². The van der Waals surface area contributed by atoms with Crippen molar-refractivity contribution in [2.45, 2.75) is 12.5 Å². The molecule has 1 unspecified atom stereocenters. The number of para-hydroxylation sites is 1. The fourth-order valence-electron chi connectivity index (χ4n) is 2.92. The van der Waals surface area contributed by atoms with E-state index in [2.05, 4.69) is 5.32 Å². The van der Waals surface area contributed by atoms with Gasteiger partial charge in [0.1, 0.15) is 11.1 Å². The number of nitrogens with one attached hydrogen (secondary N) is 1. The Balaban J connectivity index is 1.39. The summed E-state index contributed by atoms with van der Waals surface area (Å²) in [6, 6.07) is 13.7. The summed E-state index contributed by atoms with van der Waals surface area (Å²) in [5, 5.41) is 13.6. The molecule has 0 fully saturated rings. The van der Waals surface area contributed by atoms with Crippen molar-refractivity contribution in [2.24, 2.45) is 0 Å². The van der Waals surface area contributed by atoms with Gasteiger partial charge in [-0.15, -0.1) is 0 Å². The summed E-state index contributed by atoms with van der Waals surface area (Å²) in [5.74, 6) is 0.694. The van der Waals surface area contributed by atoms with Gasteiger partial charge in [0.25, 0.3) is 5.91 Å². The number of ether oxygens (including phenoxy) is 2. The molecule has 1 atom stereocenters. The van der Waals surface area contributed by atoms with Gasteiger partial charge in [-0.2, -0.15) is 0 Å². The fourth-order valence-corrected chi connectivity index (χ4v) is 2.92. The van der Waals surface area contributed by atoms with Crippen LogP contribution in [0, 0.1) is 0 Å². The van der Waals surface area contributed by atoms with Gasteiger partial charge in [-0.25, -0.2) is 4.79 Å². The summed E-state index contributed by atoms with van der Waals surface area (Å²) < 4.78 is 15.7. The number of hydrogen-bond donors (Lipinski definition) is 2. The number of aliphatic hydroxyl groups is 1. The Morgan fingerprint density at radius 1 is 1.11 bits per heavy atom. The lowest BCUT2D eigenvalue weighted by Crippen LogP contribution is -2.29. The Kier molecular flexibility index (Phi) is 4.52. The van der Waals surface area contributed by atoms with Crippen molar-refractivity contribution in [2.75, 3.05) is 13.3 Å². The molecule has 27 heavy (non-hydrogen) atoms. The predicted molar refractivity (Wildman–Crippen MR) is 97.0 cm³/mol. The molecule has 0 saturated carbocycles. The average Bonchev–Trinajstić information content (AvgIpc) is 3.15. The third-order valence-electron chi connectivity index (χ3n) is 4.37. The highest BCUT2D eigenvalue weighted by Crippen LogP contribution is 2.34. The summed E-state index contributed by atoms with van der Waals surface area (Å²) in [7, 11) is 0. The minimum absolute atomic E-state index is 0.0636. The molecule has 1 aliphatic rings. The standard InChI is InChI=1S/C20H17NO6/c22-15(12-5-6-17-18(10-12)26-11-25-17)7-8-21-19(23)14-9-13-3-1-2-4-16(13)27-20(14)24/h1-6,9-10,15,22H,7-8,11H2,(H,21,23). The second-order valence-electron chi connectivity index (χ2n) is 6.16. The van der Waals surface area contributed by atoms with Crippen LogP contribution < -0.4 is 20.4 Å². The molecule has 0 aliphatic carbocycles. The molecule has 0 bridgehead atoms. The van der Waals surface area contributed by atoms with Gasteiger partial charge in [0, 0.05) is 11.9 Å². The van der Waals surface area contributed by atoms with Gasteiger partial charge in [0.2, 0.25) is 6.79 Å². The summed E-state index contributed by atoms with van der Waals surface area (Å²) in [4.78, 5) is 24.3. The van der Waals surface area contributed by atoms with E-state index in [-0.39, 0.29) is 25.3 Å². The van der Waals surface area contributed by atoms with Crippen LogP contribution >= 0.6 is 0 Å². The Bertz CT molecular complexity index is 1060. The molecule has 0 spiro atoms. The zero-order valence-corrected chi connectivity index (χ0v) is 14.3. The van der Waals surface area contributed by atoms with Crippen molar-refractivity contribution in [3.63, 3.8) is 0 Å². The lowest BCUT2D eigenvalue weighted by Gasteiger charge is -2.12. The Morgan fingerprint density at radius 2 is 1.93 bits per heavy atom. The van der Waals surface area contributed by atoms with Crippen molar-refractivity contribution in [1.82, 2.24) is 5.32 Å². The monoisotopic (exact) mass is 367 g/mol. The first-order chi connectivity index (χ1) is 13.1.